The predicted molar refractivity (Wildman–Crippen MR) is 99.5 cm³/mol. The third kappa shape index (κ3) is 2.98. The minimum absolute atomic E-state index is 0.157. The van der Waals surface area contributed by atoms with Gasteiger partial charge < -0.3 is 15.0 Å². The quantitative estimate of drug-likeness (QED) is 0.750. The Morgan fingerprint density at radius 1 is 1.32 bits per heavy atom. The van der Waals surface area contributed by atoms with Gasteiger partial charge in [-0.05, 0) is 38.0 Å². The standard InChI is InChI=1S/C20H26N4O/c1-13-19(14(2)24(3)23-13)20-16(8-10-25-20)12-21-11-15-5-4-6-18-17(15)7-9-22-18/h4-7,9,16,20-22H,8,10-12H2,1-3H3/t16-,20-/m0/s1. The van der Waals surface area contributed by atoms with Crippen LogP contribution >= 0.6 is 0 Å². The predicted octanol–water partition coefficient (Wildman–Crippen LogP) is 3.39. The number of ether oxygens (including phenoxy) is 1. The highest BCUT2D eigenvalue weighted by atomic mass is 16.5. The van der Waals surface area contributed by atoms with Crippen LogP contribution in [0.1, 0.15) is 35.0 Å². The van der Waals surface area contributed by atoms with E-state index in [1.165, 1.54) is 27.7 Å². The first kappa shape index (κ1) is 16.4. The van der Waals surface area contributed by atoms with Crippen molar-refractivity contribution in [1.29, 1.82) is 0 Å². The normalized spacial score (nSPS) is 20.6. The Kier molecular flexibility index (Phi) is 4.36. The van der Waals surface area contributed by atoms with Gasteiger partial charge in [0.15, 0.2) is 0 Å². The van der Waals surface area contributed by atoms with E-state index >= 15 is 0 Å². The van der Waals surface area contributed by atoms with Crippen molar-refractivity contribution < 1.29 is 4.74 Å². The van der Waals surface area contributed by atoms with E-state index in [9.17, 15) is 0 Å². The first-order valence-electron chi connectivity index (χ1n) is 9.02. The van der Waals surface area contributed by atoms with Gasteiger partial charge in [0, 0.05) is 61.0 Å². The van der Waals surface area contributed by atoms with Crippen LogP contribution in [0.15, 0.2) is 30.5 Å². The molecule has 0 radical (unpaired) electrons. The third-order valence-corrected chi connectivity index (χ3v) is 5.47. The Balaban J connectivity index is 1.44. The lowest BCUT2D eigenvalue weighted by Crippen LogP contribution is -2.25. The molecule has 0 spiro atoms. The Bertz CT molecular complexity index is 879. The number of aromatic amines is 1. The van der Waals surface area contributed by atoms with Gasteiger partial charge in [-0.3, -0.25) is 4.68 Å². The molecule has 3 heterocycles. The fourth-order valence-electron chi connectivity index (χ4n) is 4.06. The Morgan fingerprint density at radius 3 is 3.00 bits per heavy atom. The Labute approximate surface area is 148 Å². The first-order valence-corrected chi connectivity index (χ1v) is 9.02. The zero-order valence-corrected chi connectivity index (χ0v) is 15.2. The molecule has 0 saturated carbocycles. The van der Waals surface area contributed by atoms with Crippen molar-refractivity contribution in [2.24, 2.45) is 13.0 Å². The van der Waals surface area contributed by atoms with Crippen LogP contribution in [0.3, 0.4) is 0 Å². The van der Waals surface area contributed by atoms with Gasteiger partial charge in [0.25, 0.3) is 0 Å². The van der Waals surface area contributed by atoms with Gasteiger partial charge in [-0.15, -0.1) is 0 Å². The van der Waals surface area contributed by atoms with Crippen molar-refractivity contribution in [2.75, 3.05) is 13.2 Å². The summed E-state index contributed by atoms with van der Waals surface area (Å²) in [7, 11) is 2.01. The molecule has 0 unspecified atom stereocenters. The molecule has 2 aromatic heterocycles. The Morgan fingerprint density at radius 2 is 2.20 bits per heavy atom. The summed E-state index contributed by atoms with van der Waals surface area (Å²) in [6.07, 6.45) is 3.26. The highest BCUT2D eigenvalue weighted by molar-refractivity contribution is 5.82. The fourth-order valence-corrected chi connectivity index (χ4v) is 4.06. The van der Waals surface area contributed by atoms with Gasteiger partial charge in [0.1, 0.15) is 0 Å². The average Bonchev–Trinajstić information content (AvgIpc) is 3.29. The summed E-state index contributed by atoms with van der Waals surface area (Å²) >= 11 is 0. The average molecular weight is 338 g/mol. The van der Waals surface area contributed by atoms with Crippen molar-refractivity contribution in [2.45, 2.75) is 32.9 Å². The number of aryl methyl sites for hydroxylation is 2. The highest BCUT2D eigenvalue weighted by Gasteiger charge is 2.33. The highest BCUT2D eigenvalue weighted by Crippen LogP contribution is 2.37. The van der Waals surface area contributed by atoms with Crippen LogP contribution in [0.5, 0.6) is 0 Å². The molecule has 0 bridgehead atoms. The number of H-pyrrole nitrogens is 1. The monoisotopic (exact) mass is 338 g/mol. The second-order valence-corrected chi connectivity index (χ2v) is 7.04. The van der Waals surface area contributed by atoms with Gasteiger partial charge in [0.05, 0.1) is 11.8 Å². The van der Waals surface area contributed by atoms with E-state index in [2.05, 4.69) is 53.5 Å². The van der Waals surface area contributed by atoms with Crippen LogP contribution in [-0.4, -0.2) is 27.9 Å². The molecule has 3 aromatic rings. The molecular weight excluding hydrogens is 312 g/mol. The second kappa shape index (κ2) is 6.65. The minimum Gasteiger partial charge on any atom is -0.373 e. The smallest absolute Gasteiger partial charge is 0.0901 e. The van der Waals surface area contributed by atoms with E-state index < -0.39 is 0 Å². The maximum atomic E-state index is 6.09. The number of nitrogens with zero attached hydrogens (tertiary/aromatic N) is 2. The summed E-state index contributed by atoms with van der Waals surface area (Å²) in [5, 5.41) is 9.51. The van der Waals surface area contributed by atoms with Crippen LogP contribution in [-0.2, 0) is 18.3 Å². The number of benzene rings is 1. The van der Waals surface area contributed by atoms with Crippen LogP contribution in [0.4, 0.5) is 0 Å². The van der Waals surface area contributed by atoms with Gasteiger partial charge in [-0.25, -0.2) is 0 Å². The van der Waals surface area contributed by atoms with Gasteiger partial charge in [0.2, 0.25) is 0 Å². The molecule has 132 valence electrons. The molecular formula is C20H26N4O. The maximum absolute atomic E-state index is 6.09. The molecule has 5 nitrogen and oxygen atoms in total. The molecule has 25 heavy (non-hydrogen) atoms. The summed E-state index contributed by atoms with van der Waals surface area (Å²) in [6.45, 7) is 6.88. The van der Waals surface area contributed by atoms with E-state index in [0.717, 1.165) is 31.8 Å². The second-order valence-electron chi connectivity index (χ2n) is 7.04. The molecule has 1 aromatic carbocycles. The van der Waals surface area contributed by atoms with E-state index in [4.69, 9.17) is 4.74 Å². The summed E-state index contributed by atoms with van der Waals surface area (Å²) in [5.74, 6) is 0.493. The fraction of sp³-hybridized carbons (Fsp3) is 0.450. The topological polar surface area (TPSA) is 54.9 Å². The van der Waals surface area contributed by atoms with Crippen molar-refractivity contribution >= 4 is 10.9 Å². The number of hydrogen-bond donors (Lipinski definition) is 2. The van der Waals surface area contributed by atoms with Crippen molar-refractivity contribution in [1.82, 2.24) is 20.1 Å². The van der Waals surface area contributed by atoms with Gasteiger partial charge >= 0.3 is 0 Å². The lowest BCUT2D eigenvalue weighted by Gasteiger charge is -2.20. The number of rotatable bonds is 5. The largest absolute Gasteiger partial charge is 0.373 e. The molecule has 1 fully saturated rings. The molecule has 2 atom stereocenters. The SMILES string of the molecule is Cc1nn(C)c(C)c1[C@H]1OCC[C@H]1CNCc1cccc2[nH]ccc12. The lowest BCUT2D eigenvalue weighted by molar-refractivity contribution is 0.0894. The van der Waals surface area contributed by atoms with E-state index in [0.29, 0.717) is 5.92 Å². The molecule has 1 saturated heterocycles. The van der Waals surface area contributed by atoms with Crippen LogP contribution in [0, 0.1) is 19.8 Å². The van der Waals surface area contributed by atoms with Crippen LogP contribution in [0.25, 0.3) is 10.9 Å². The molecule has 5 heteroatoms. The first-order chi connectivity index (χ1) is 12.1. The van der Waals surface area contributed by atoms with E-state index in [1.54, 1.807) is 0 Å². The number of fused-ring (bicyclic) bond motifs is 1. The van der Waals surface area contributed by atoms with Gasteiger partial charge in [-0.2, -0.15) is 5.10 Å². The molecule has 4 rings (SSSR count). The Hall–Kier alpha value is -2.11. The summed E-state index contributed by atoms with van der Waals surface area (Å²) in [6, 6.07) is 8.57. The molecule has 1 aliphatic rings. The van der Waals surface area contributed by atoms with Crippen molar-refractivity contribution in [3.8, 4) is 0 Å². The van der Waals surface area contributed by atoms with Crippen LogP contribution in [0.2, 0.25) is 0 Å². The summed E-state index contributed by atoms with van der Waals surface area (Å²) in [4.78, 5) is 3.28. The molecule has 1 aliphatic heterocycles. The number of hydrogen-bond acceptors (Lipinski definition) is 3. The van der Waals surface area contributed by atoms with E-state index in [1.807, 2.05) is 17.9 Å². The van der Waals surface area contributed by atoms with E-state index in [-0.39, 0.29) is 6.10 Å². The van der Waals surface area contributed by atoms with Crippen molar-refractivity contribution in [3.05, 3.63) is 53.0 Å². The van der Waals surface area contributed by atoms with Gasteiger partial charge in [-0.1, -0.05) is 12.1 Å². The number of nitrogens with one attached hydrogen (secondary N) is 2. The minimum atomic E-state index is 0.157. The summed E-state index contributed by atoms with van der Waals surface area (Å²) < 4.78 is 8.05. The van der Waals surface area contributed by atoms with Crippen LogP contribution < -0.4 is 5.32 Å². The molecule has 0 aliphatic carbocycles. The maximum Gasteiger partial charge on any atom is 0.0901 e. The number of aromatic nitrogens is 3. The molecule has 2 N–H and O–H groups in total. The zero-order chi connectivity index (χ0) is 17.4. The third-order valence-electron chi connectivity index (χ3n) is 5.47. The summed E-state index contributed by atoms with van der Waals surface area (Å²) in [5.41, 5.74) is 6.12. The molecule has 0 amide bonds. The van der Waals surface area contributed by atoms with Crippen molar-refractivity contribution in [3.63, 3.8) is 0 Å². The lowest BCUT2D eigenvalue weighted by atomic mass is 9.94. The zero-order valence-electron chi connectivity index (χ0n) is 15.2.